The third kappa shape index (κ3) is 2.52. The highest BCUT2D eigenvalue weighted by molar-refractivity contribution is 6.69. The Hall–Kier alpha value is -1.79. The summed E-state index contributed by atoms with van der Waals surface area (Å²) in [4.78, 5) is 39.5. The number of H-pyrrole nitrogens is 1. The van der Waals surface area contributed by atoms with Crippen molar-refractivity contribution in [3.8, 4) is 0 Å². The van der Waals surface area contributed by atoms with Crippen LogP contribution in [0.4, 0.5) is 0 Å². The van der Waals surface area contributed by atoms with Gasteiger partial charge in [-0.3, -0.25) is 14.4 Å². The van der Waals surface area contributed by atoms with Gasteiger partial charge in [-0.15, -0.1) is 0 Å². The highest BCUT2D eigenvalue weighted by Gasteiger charge is 2.47. The minimum absolute atomic E-state index is 0.0793. The molecule has 0 aliphatic heterocycles. The van der Waals surface area contributed by atoms with E-state index in [1.807, 2.05) is 12.2 Å². The molecule has 0 bridgehead atoms. The fourth-order valence-electron chi connectivity index (χ4n) is 3.22. The van der Waals surface area contributed by atoms with Crippen LogP contribution in [0.1, 0.15) is 27.3 Å². The second kappa shape index (κ2) is 5.14. The van der Waals surface area contributed by atoms with Gasteiger partial charge in [0.1, 0.15) is 0 Å². The molecule has 0 aromatic carbocycles. The van der Waals surface area contributed by atoms with Gasteiger partial charge in [-0.05, 0) is 32.1 Å². The monoisotopic (exact) mass is 317 g/mol. The summed E-state index contributed by atoms with van der Waals surface area (Å²) in [5.41, 5.74) is 0.0958. The van der Waals surface area contributed by atoms with Gasteiger partial charge >= 0.3 is 0 Å². The molecule has 3 rings (SSSR count). The Balaban J connectivity index is 2.07. The van der Waals surface area contributed by atoms with Crippen LogP contribution in [0.5, 0.6) is 0 Å². The van der Waals surface area contributed by atoms with Crippen LogP contribution in [-0.2, 0) is 4.43 Å². The normalized spacial score (nSPS) is 27.5. The molecule has 1 aromatic heterocycles. The molecule has 0 unspecified atom stereocenters. The Bertz CT molecular complexity index is 728. The fraction of sp³-hybridized carbons (Fsp3) is 0.438. The second-order valence-electron chi connectivity index (χ2n) is 6.83. The van der Waals surface area contributed by atoms with E-state index >= 15 is 0 Å². The van der Waals surface area contributed by atoms with Crippen LogP contribution in [0.3, 0.4) is 0 Å². The number of nitrogens with one attached hydrogen (secondary N) is 1. The number of ketones is 2. The molecular weight excluding hydrogens is 298 g/mol. The molecule has 0 fully saturated rings. The van der Waals surface area contributed by atoms with E-state index in [9.17, 15) is 14.4 Å². The van der Waals surface area contributed by atoms with Crippen LogP contribution in [0.2, 0.25) is 19.6 Å². The maximum Gasteiger partial charge on any atom is 0.248 e. The van der Waals surface area contributed by atoms with Crippen molar-refractivity contribution in [2.75, 3.05) is 0 Å². The van der Waals surface area contributed by atoms with Crippen LogP contribution in [0, 0.1) is 11.8 Å². The zero-order chi connectivity index (χ0) is 16.1. The van der Waals surface area contributed by atoms with Crippen molar-refractivity contribution in [3.05, 3.63) is 45.9 Å². The summed E-state index contributed by atoms with van der Waals surface area (Å²) in [5.74, 6) is -1.19. The average molecular weight is 317 g/mol. The fourth-order valence-corrected chi connectivity index (χ4v) is 4.26. The molecule has 5 nitrogen and oxygen atoms in total. The average Bonchev–Trinajstić information content (AvgIpc) is 2.43. The molecule has 1 aromatic rings. The van der Waals surface area contributed by atoms with E-state index in [0.29, 0.717) is 12.0 Å². The molecule has 0 amide bonds. The number of Topliss-reactive ketones (excluding diaryl/α,β-unsaturated/α-hetero) is 2. The second-order valence-corrected chi connectivity index (χ2v) is 11.3. The number of aromatic nitrogens is 1. The van der Waals surface area contributed by atoms with Crippen molar-refractivity contribution >= 4 is 19.9 Å². The first-order chi connectivity index (χ1) is 10.3. The number of fused-ring (bicyclic) bond motifs is 2. The van der Waals surface area contributed by atoms with Crippen molar-refractivity contribution in [3.63, 3.8) is 0 Å². The SMILES string of the molecule is C[Si](C)(C)O[C@@H]1C=CC[C@@H]2C(=O)c3ccc(=O)[nH]c3C(=O)[C@@H]21. The molecule has 0 radical (unpaired) electrons. The van der Waals surface area contributed by atoms with Gasteiger partial charge in [-0.25, -0.2) is 0 Å². The number of rotatable bonds is 2. The smallest absolute Gasteiger partial charge is 0.248 e. The number of carbonyl (C=O) groups excluding carboxylic acids is 2. The van der Waals surface area contributed by atoms with E-state index < -0.39 is 26.3 Å². The highest BCUT2D eigenvalue weighted by Crippen LogP contribution is 2.38. The van der Waals surface area contributed by atoms with Gasteiger partial charge in [-0.1, -0.05) is 12.2 Å². The highest BCUT2D eigenvalue weighted by atomic mass is 28.4. The van der Waals surface area contributed by atoms with E-state index in [1.54, 1.807) is 0 Å². The van der Waals surface area contributed by atoms with Crippen LogP contribution >= 0.6 is 0 Å². The summed E-state index contributed by atoms with van der Waals surface area (Å²) >= 11 is 0. The van der Waals surface area contributed by atoms with E-state index in [-0.39, 0.29) is 22.8 Å². The molecule has 22 heavy (non-hydrogen) atoms. The summed E-state index contributed by atoms with van der Waals surface area (Å²) < 4.78 is 6.10. The Labute approximate surface area is 129 Å². The lowest BCUT2D eigenvalue weighted by Gasteiger charge is -2.38. The van der Waals surface area contributed by atoms with Gasteiger partial charge in [0.15, 0.2) is 19.9 Å². The first-order valence-corrected chi connectivity index (χ1v) is 10.8. The van der Waals surface area contributed by atoms with Gasteiger partial charge in [0, 0.05) is 17.5 Å². The van der Waals surface area contributed by atoms with Crippen molar-refractivity contribution in [2.24, 2.45) is 11.8 Å². The quantitative estimate of drug-likeness (QED) is 0.670. The first-order valence-electron chi connectivity index (χ1n) is 7.44. The minimum atomic E-state index is -1.86. The van der Waals surface area contributed by atoms with Crippen LogP contribution in [-0.4, -0.2) is 31.0 Å². The maximum atomic E-state index is 12.8. The number of carbonyl (C=O) groups is 2. The number of allylic oxidation sites excluding steroid dienone is 1. The number of hydrogen-bond acceptors (Lipinski definition) is 4. The lowest BCUT2D eigenvalue weighted by molar-refractivity contribution is 0.0553. The van der Waals surface area contributed by atoms with Gasteiger partial charge in [0.2, 0.25) is 5.56 Å². The molecule has 0 spiro atoms. The lowest BCUT2D eigenvalue weighted by atomic mass is 9.69. The molecule has 0 saturated heterocycles. The third-order valence-electron chi connectivity index (χ3n) is 4.06. The predicted octanol–water partition coefficient (Wildman–Crippen LogP) is 2.17. The maximum absolute atomic E-state index is 12.8. The van der Waals surface area contributed by atoms with E-state index in [4.69, 9.17) is 4.43 Å². The van der Waals surface area contributed by atoms with Gasteiger partial charge in [0.05, 0.1) is 17.7 Å². The van der Waals surface area contributed by atoms with Gasteiger partial charge < -0.3 is 9.41 Å². The molecule has 1 N–H and O–H groups in total. The van der Waals surface area contributed by atoms with Gasteiger partial charge in [-0.2, -0.15) is 0 Å². The summed E-state index contributed by atoms with van der Waals surface area (Å²) in [6, 6.07) is 2.75. The van der Waals surface area contributed by atoms with Crippen molar-refractivity contribution < 1.29 is 14.0 Å². The van der Waals surface area contributed by atoms with E-state index in [1.165, 1.54) is 12.1 Å². The van der Waals surface area contributed by atoms with Crippen LogP contribution < -0.4 is 5.56 Å². The summed E-state index contributed by atoms with van der Waals surface area (Å²) in [7, 11) is -1.86. The molecule has 0 saturated carbocycles. The Morgan fingerprint density at radius 1 is 1.14 bits per heavy atom. The number of hydrogen-bond donors (Lipinski definition) is 1. The Kier molecular flexibility index (Phi) is 3.53. The van der Waals surface area contributed by atoms with Crippen molar-refractivity contribution in [2.45, 2.75) is 32.2 Å². The van der Waals surface area contributed by atoms with Crippen molar-refractivity contribution in [1.82, 2.24) is 4.98 Å². The molecule has 6 heteroatoms. The zero-order valence-corrected chi connectivity index (χ0v) is 13.9. The molecule has 1 heterocycles. The van der Waals surface area contributed by atoms with Crippen LogP contribution in [0.25, 0.3) is 0 Å². The summed E-state index contributed by atoms with van der Waals surface area (Å²) in [6.45, 7) is 6.15. The third-order valence-corrected chi connectivity index (χ3v) is 5.04. The Morgan fingerprint density at radius 2 is 1.86 bits per heavy atom. The number of pyridine rings is 1. The van der Waals surface area contributed by atoms with Crippen molar-refractivity contribution in [1.29, 1.82) is 0 Å². The zero-order valence-electron chi connectivity index (χ0n) is 12.9. The summed E-state index contributed by atoms with van der Waals surface area (Å²) in [6.07, 6.45) is 3.96. The predicted molar refractivity (Wildman–Crippen MR) is 84.7 cm³/mol. The number of aromatic amines is 1. The standard InChI is InChI=1S/C16H19NO4Si/c1-22(2,3)21-11-6-4-5-9-13(11)16(20)14-10(15(9)19)7-8-12(18)17-14/h4,6-9,11,13H,5H2,1-3H3,(H,17,18)/t9-,11+,13-/m0/s1. The van der Waals surface area contributed by atoms with Gasteiger partial charge in [0.25, 0.3) is 0 Å². The topological polar surface area (TPSA) is 76.2 Å². The summed E-state index contributed by atoms with van der Waals surface area (Å²) in [5, 5.41) is 0. The molecule has 3 atom stereocenters. The Morgan fingerprint density at radius 3 is 2.55 bits per heavy atom. The van der Waals surface area contributed by atoms with E-state index in [0.717, 1.165) is 0 Å². The molecular formula is C16H19NO4Si. The first kappa shape index (κ1) is 15.1. The molecule has 116 valence electrons. The van der Waals surface area contributed by atoms with E-state index in [2.05, 4.69) is 24.6 Å². The molecule has 2 aliphatic carbocycles. The lowest BCUT2D eigenvalue weighted by Crippen LogP contribution is -2.48. The minimum Gasteiger partial charge on any atom is -0.411 e. The molecule has 2 aliphatic rings. The van der Waals surface area contributed by atoms with Crippen LogP contribution in [0.15, 0.2) is 29.1 Å². The largest absolute Gasteiger partial charge is 0.411 e.